The monoisotopic (exact) mass is 389 g/mol. The summed E-state index contributed by atoms with van der Waals surface area (Å²) in [5.74, 6) is 1.22. The number of carbonyl (C=O) groups excluding carboxylic acids is 1. The Balaban J connectivity index is 2.18. The lowest BCUT2D eigenvalue weighted by atomic mass is 10.1. The SMILES string of the molecule is Cc1cccc(C(=O)N2CCSC(C)(C)CC2)c1I. The summed E-state index contributed by atoms with van der Waals surface area (Å²) >= 11 is 4.25. The number of rotatable bonds is 1. The highest BCUT2D eigenvalue weighted by atomic mass is 127. The lowest BCUT2D eigenvalue weighted by Gasteiger charge is -2.23. The van der Waals surface area contributed by atoms with Crippen LogP contribution in [-0.2, 0) is 0 Å². The molecule has 0 unspecified atom stereocenters. The van der Waals surface area contributed by atoms with Gasteiger partial charge >= 0.3 is 0 Å². The van der Waals surface area contributed by atoms with Gasteiger partial charge in [0, 0.05) is 27.2 Å². The molecule has 0 bridgehead atoms. The summed E-state index contributed by atoms with van der Waals surface area (Å²) in [6, 6.07) is 5.97. The Bertz CT molecular complexity index is 487. The highest BCUT2D eigenvalue weighted by molar-refractivity contribution is 14.1. The Morgan fingerprint density at radius 3 is 2.84 bits per heavy atom. The number of hydrogen-bond donors (Lipinski definition) is 0. The van der Waals surface area contributed by atoms with Gasteiger partial charge in [-0.25, -0.2) is 0 Å². The minimum atomic E-state index is 0.186. The fourth-order valence-electron chi connectivity index (χ4n) is 2.21. The number of aryl methyl sites for hydroxylation is 1. The molecule has 0 radical (unpaired) electrons. The Labute approximate surface area is 133 Å². The molecule has 1 aromatic carbocycles. The van der Waals surface area contributed by atoms with E-state index in [1.54, 1.807) is 0 Å². The van der Waals surface area contributed by atoms with Gasteiger partial charge in [0.2, 0.25) is 0 Å². The Hall–Kier alpha value is -0.230. The first-order chi connectivity index (χ1) is 8.91. The highest BCUT2D eigenvalue weighted by Gasteiger charge is 2.27. The Morgan fingerprint density at radius 2 is 2.11 bits per heavy atom. The van der Waals surface area contributed by atoms with Gasteiger partial charge in [-0.15, -0.1) is 0 Å². The van der Waals surface area contributed by atoms with Gasteiger partial charge in [0.15, 0.2) is 0 Å². The van der Waals surface area contributed by atoms with Crippen molar-refractivity contribution in [1.82, 2.24) is 4.90 Å². The topological polar surface area (TPSA) is 20.3 Å². The number of halogens is 1. The molecule has 1 aliphatic heterocycles. The van der Waals surface area contributed by atoms with Crippen molar-refractivity contribution in [3.05, 3.63) is 32.9 Å². The van der Waals surface area contributed by atoms with Crippen molar-refractivity contribution in [3.8, 4) is 0 Å². The van der Waals surface area contributed by atoms with Crippen molar-refractivity contribution in [2.24, 2.45) is 0 Å². The number of amides is 1. The summed E-state index contributed by atoms with van der Waals surface area (Å²) in [6.45, 7) is 8.31. The minimum Gasteiger partial charge on any atom is -0.338 e. The molecule has 0 aromatic heterocycles. The fraction of sp³-hybridized carbons (Fsp3) is 0.533. The minimum absolute atomic E-state index is 0.186. The van der Waals surface area contributed by atoms with Crippen LogP contribution in [0.25, 0.3) is 0 Å². The van der Waals surface area contributed by atoms with Gasteiger partial charge in [-0.05, 0) is 47.6 Å². The molecule has 2 rings (SSSR count). The maximum Gasteiger partial charge on any atom is 0.254 e. The second kappa shape index (κ2) is 6.04. The molecule has 0 aliphatic carbocycles. The molecule has 1 aliphatic rings. The van der Waals surface area contributed by atoms with Gasteiger partial charge in [-0.3, -0.25) is 4.79 Å². The van der Waals surface area contributed by atoms with Crippen molar-refractivity contribution in [2.45, 2.75) is 31.9 Å². The van der Waals surface area contributed by atoms with Crippen LogP contribution in [0.2, 0.25) is 0 Å². The first kappa shape index (κ1) is 15.2. The number of thioether (sulfide) groups is 1. The molecule has 1 amide bonds. The van der Waals surface area contributed by atoms with Gasteiger partial charge in [-0.2, -0.15) is 11.8 Å². The zero-order valence-electron chi connectivity index (χ0n) is 11.7. The van der Waals surface area contributed by atoms with Gasteiger partial charge in [0.05, 0.1) is 5.56 Å². The number of nitrogens with zero attached hydrogens (tertiary/aromatic N) is 1. The van der Waals surface area contributed by atoms with Crippen LogP contribution in [0.3, 0.4) is 0 Å². The van der Waals surface area contributed by atoms with E-state index in [0.717, 1.165) is 34.4 Å². The first-order valence-corrected chi connectivity index (χ1v) is 8.65. The van der Waals surface area contributed by atoms with E-state index in [0.29, 0.717) is 0 Å². The number of benzene rings is 1. The summed E-state index contributed by atoms with van der Waals surface area (Å²) in [5, 5.41) is 0. The molecule has 4 heteroatoms. The first-order valence-electron chi connectivity index (χ1n) is 6.59. The lowest BCUT2D eigenvalue weighted by Crippen LogP contribution is -2.34. The van der Waals surface area contributed by atoms with E-state index in [2.05, 4.69) is 49.4 Å². The molecule has 0 N–H and O–H groups in total. The molecular weight excluding hydrogens is 369 g/mol. The molecular formula is C15H20INOS. The van der Waals surface area contributed by atoms with Crippen LogP contribution in [-0.4, -0.2) is 34.4 Å². The van der Waals surface area contributed by atoms with Crippen molar-refractivity contribution in [2.75, 3.05) is 18.8 Å². The Morgan fingerprint density at radius 1 is 1.37 bits per heavy atom. The van der Waals surface area contributed by atoms with E-state index in [1.165, 1.54) is 5.56 Å². The van der Waals surface area contributed by atoms with E-state index < -0.39 is 0 Å². The van der Waals surface area contributed by atoms with Crippen molar-refractivity contribution >= 4 is 40.3 Å². The van der Waals surface area contributed by atoms with E-state index in [9.17, 15) is 4.79 Å². The third kappa shape index (κ3) is 3.66. The molecule has 0 spiro atoms. The number of hydrogen-bond acceptors (Lipinski definition) is 2. The van der Waals surface area contributed by atoms with Crippen LogP contribution in [0.5, 0.6) is 0 Å². The normalized spacial score (nSPS) is 19.1. The summed E-state index contributed by atoms with van der Waals surface area (Å²) < 4.78 is 1.37. The van der Waals surface area contributed by atoms with Crippen molar-refractivity contribution in [3.63, 3.8) is 0 Å². The zero-order valence-corrected chi connectivity index (χ0v) is 14.7. The second-order valence-electron chi connectivity index (χ2n) is 5.59. The van der Waals surface area contributed by atoms with Gasteiger partial charge in [0.1, 0.15) is 0 Å². The summed E-state index contributed by atoms with van der Waals surface area (Å²) in [6.07, 6.45) is 1.06. The van der Waals surface area contributed by atoms with Crippen molar-refractivity contribution in [1.29, 1.82) is 0 Å². The van der Waals surface area contributed by atoms with E-state index >= 15 is 0 Å². The van der Waals surface area contributed by atoms with E-state index in [4.69, 9.17) is 0 Å². The highest BCUT2D eigenvalue weighted by Crippen LogP contribution is 2.31. The summed E-state index contributed by atoms with van der Waals surface area (Å²) in [4.78, 5) is 14.7. The van der Waals surface area contributed by atoms with E-state index in [1.807, 2.05) is 28.8 Å². The van der Waals surface area contributed by atoms with Crippen LogP contribution in [0.4, 0.5) is 0 Å². The molecule has 1 saturated heterocycles. The molecule has 0 atom stereocenters. The predicted octanol–water partition coefficient (Wildman–Crippen LogP) is 3.96. The van der Waals surface area contributed by atoms with E-state index in [-0.39, 0.29) is 10.7 Å². The van der Waals surface area contributed by atoms with Crippen LogP contribution in [0.1, 0.15) is 36.2 Å². The average molecular weight is 389 g/mol. The predicted molar refractivity (Wildman–Crippen MR) is 91.0 cm³/mol. The molecule has 104 valence electrons. The molecule has 1 fully saturated rings. The maximum absolute atomic E-state index is 12.6. The largest absolute Gasteiger partial charge is 0.338 e. The molecule has 1 aromatic rings. The van der Waals surface area contributed by atoms with Gasteiger partial charge in [0.25, 0.3) is 5.91 Å². The van der Waals surface area contributed by atoms with Gasteiger partial charge in [-0.1, -0.05) is 26.0 Å². The quantitative estimate of drug-likeness (QED) is 0.678. The van der Waals surface area contributed by atoms with Crippen LogP contribution < -0.4 is 0 Å². The Kier molecular flexibility index (Phi) is 4.82. The van der Waals surface area contributed by atoms with Crippen LogP contribution in [0, 0.1) is 10.5 Å². The second-order valence-corrected chi connectivity index (χ2v) is 8.47. The lowest BCUT2D eigenvalue weighted by molar-refractivity contribution is 0.0763. The van der Waals surface area contributed by atoms with Crippen LogP contribution in [0.15, 0.2) is 18.2 Å². The van der Waals surface area contributed by atoms with Crippen LogP contribution >= 0.6 is 34.4 Å². The average Bonchev–Trinajstić information content (AvgIpc) is 2.53. The smallest absolute Gasteiger partial charge is 0.254 e. The zero-order chi connectivity index (χ0) is 14.0. The van der Waals surface area contributed by atoms with Crippen molar-refractivity contribution < 1.29 is 4.79 Å². The molecule has 0 saturated carbocycles. The third-order valence-corrected chi connectivity index (χ3v) is 6.35. The summed E-state index contributed by atoms with van der Waals surface area (Å²) in [5.41, 5.74) is 2.03. The molecule has 19 heavy (non-hydrogen) atoms. The summed E-state index contributed by atoms with van der Waals surface area (Å²) in [7, 11) is 0. The molecule has 2 nitrogen and oxygen atoms in total. The maximum atomic E-state index is 12.6. The standard InChI is InChI=1S/C15H20INOS/c1-11-5-4-6-12(13(11)16)14(18)17-8-7-15(2,3)19-10-9-17/h4-6H,7-10H2,1-3H3. The third-order valence-electron chi connectivity index (χ3n) is 3.55. The molecule has 1 heterocycles. The van der Waals surface area contributed by atoms with Gasteiger partial charge < -0.3 is 4.90 Å². The fourth-order valence-corrected chi connectivity index (χ4v) is 3.90. The number of carbonyl (C=O) groups is 1.